The molecule has 156 valence electrons. The van der Waals surface area contributed by atoms with Crippen molar-refractivity contribution >= 4 is 44.8 Å². The van der Waals surface area contributed by atoms with Crippen molar-refractivity contribution < 1.29 is 17.9 Å². The summed E-state index contributed by atoms with van der Waals surface area (Å²) < 4.78 is 32.5. The first-order valence-corrected chi connectivity index (χ1v) is 11.4. The predicted molar refractivity (Wildman–Crippen MR) is 115 cm³/mol. The Bertz CT molecular complexity index is 1020. The minimum atomic E-state index is -3.88. The molecule has 1 fully saturated rings. The molecule has 2 aromatic carbocycles. The van der Waals surface area contributed by atoms with E-state index in [1.807, 2.05) is 32.0 Å². The van der Waals surface area contributed by atoms with Gasteiger partial charge in [-0.2, -0.15) is 4.31 Å². The monoisotopic (exact) mass is 456 g/mol. The maximum Gasteiger partial charge on any atom is 0.257 e. The number of halogens is 2. The van der Waals surface area contributed by atoms with Gasteiger partial charge in [-0.05, 0) is 29.7 Å². The van der Waals surface area contributed by atoms with Crippen LogP contribution in [0.25, 0.3) is 0 Å². The lowest BCUT2D eigenvalue weighted by Gasteiger charge is -2.26. The summed E-state index contributed by atoms with van der Waals surface area (Å²) >= 11 is 12.4. The van der Waals surface area contributed by atoms with Gasteiger partial charge in [-0.3, -0.25) is 4.79 Å². The fraction of sp³-hybridized carbons (Fsp3) is 0.350. The molecule has 3 rings (SSSR count). The molecule has 0 saturated carbocycles. The number of carbonyl (C=O) groups excluding carboxylic acids is 1. The van der Waals surface area contributed by atoms with Gasteiger partial charge in [-0.1, -0.05) is 55.2 Å². The number of amides is 1. The number of rotatable bonds is 5. The van der Waals surface area contributed by atoms with Crippen LogP contribution in [0.2, 0.25) is 10.0 Å². The van der Waals surface area contributed by atoms with Crippen molar-refractivity contribution in [3.63, 3.8) is 0 Å². The fourth-order valence-electron chi connectivity index (χ4n) is 3.13. The number of ether oxygens (including phenoxy) is 1. The van der Waals surface area contributed by atoms with Crippen LogP contribution < -0.4 is 5.32 Å². The number of sulfonamides is 1. The van der Waals surface area contributed by atoms with Crippen LogP contribution in [-0.4, -0.2) is 44.9 Å². The summed E-state index contributed by atoms with van der Waals surface area (Å²) in [4.78, 5) is 12.8. The van der Waals surface area contributed by atoms with Crippen molar-refractivity contribution in [3.8, 4) is 0 Å². The van der Waals surface area contributed by atoms with Gasteiger partial charge >= 0.3 is 0 Å². The van der Waals surface area contributed by atoms with E-state index >= 15 is 0 Å². The molecule has 0 radical (unpaired) electrons. The highest BCUT2D eigenvalue weighted by Gasteiger charge is 2.30. The Hall–Kier alpha value is -1.64. The number of anilines is 1. The van der Waals surface area contributed by atoms with Crippen LogP contribution in [0.1, 0.15) is 35.7 Å². The Labute approximate surface area is 180 Å². The number of nitrogens with zero attached hydrogens (tertiary/aromatic N) is 1. The number of benzene rings is 2. The van der Waals surface area contributed by atoms with Crippen molar-refractivity contribution in [2.45, 2.75) is 24.7 Å². The Balaban J connectivity index is 1.96. The first-order chi connectivity index (χ1) is 13.7. The largest absolute Gasteiger partial charge is 0.379 e. The van der Waals surface area contributed by atoms with Crippen molar-refractivity contribution in [1.29, 1.82) is 0 Å². The van der Waals surface area contributed by atoms with E-state index in [9.17, 15) is 13.2 Å². The Morgan fingerprint density at radius 1 is 1.10 bits per heavy atom. The van der Waals surface area contributed by atoms with Crippen LogP contribution in [0.5, 0.6) is 0 Å². The van der Waals surface area contributed by atoms with E-state index in [2.05, 4.69) is 5.32 Å². The van der Waals surface area contributed by atoms with Gasteiger partial charge in [0.05, 0.1) is 28.8 Å². The number of hydrogen-bond acceptors (Lipinski definition) is 4. The molecule has 1 aliphatic rings. The molecule has 1 aliphatic heterocycles. The first-order valence-electron chi connectivity index (χ1n) is 9.19. The molecule has 1 heterocycles. The summed E-state index contributed by atoms with van der Waals surface area (Å²) in [5, 5.41) is 2.88. The van der Waals surface area contributed by atoms with Crippen molar-refractivity contribution in [2.75, 3.05) is 31.6 Å². The molecule has 6 nitrogen and oxygen atoms in total. The average molecular weight is 457 g/mol. The molecule has 0 aromatic heterocycles. The highest BCUT2D eigenvalue weighted by atomic mass is 35.5. The Morgan fingerprint density at radius 3 is 2.41 bits per heavy atom. The number of nitrogens with one attached hydrogen (secondary N) is 1. The number of carbonyl (C=O) groups is 1. The topological polar surface area (TPSA) is 75.7 Å². The molecule has 2 aromatic rings. The smallest absolute Gasteiger partial charge is 0.257 e. The lowest BCUT2D eigenvalue weighted by molar-refractivity contribution is 0.0730. The summed E-state index contributed by atoms with van der Waals surface area (Å²) in [5.41, 5.74) is 1.66. The maximum atomic E-state index is 13.0. The molecule has 29 heavy (non-hydrogen) atoms. The number of morpholine rings is 1. The lowest BCUT2D eigenvalue weighted by Crippen LogP contribution is -2.40. The molecular weight excluding hydrogens is 435 g/mol. The van der Waals surface area contributed by atoms with Crippen LogP contribution in [-0.2, 0) is 14.8 Å². The standard InChI is InChI=1S/C20H22Cl2N2O4S/c1-13(2)14-5-3-4-6-18(14)23-20(25)15-11-19(17(22)12-16(15)21)29(26,27)24-7-9-28-10-8-24/h3-6,11-13H,7-10H2,1-2H3,(H,23,25). The summed E-state index contributed by atoms with van der Waals surface area (Å²) in [6, 6.07) is 9.97. The van der Waals surface area contributed by atoms with Gasteiger partial charge in [-0.15, -0.1) is 0 Å². The van der Waals surface area contributed by atoms with Crippen LogP contribution in [0.4, 0.5) is 5.69 Å². The second-order valence-corrected chi connectivity index (χ2v) is 9.70. The molecule has 1 saturated heterocycles. The summed E-state index contributed by atoms with van der Waals surface area (Å²) in [6.07, 6.45) is 0. The molecule has 0 bridgehead atoms. The second-order valence-electron chi connectivity index (χ2n) is 6.98. The van der Waals surface area contributed by atoms with Gasteiger partial charge in [-0.25, -0.2) is 8.42 Å². The highest BCUT2D eigenvalue weighted by Crippen LogP contribution is 2.32. The van der Waals surface area contributed by atoms with Gasteiger partial charge in [0.15, 0.2) is 0 Å². The van der Waals surface area contributed by atoms with Crippen LogP contribution in [0, 0.1) is 0 Å². The van der Waals surface area contributed by atoms with Gasteiger partial charge in [0.2, 0.25) is 10.0 Å². The minimum absolute atomic E-state index is 0.0272. The Morgan fingerprint density at radius 2 is 1.76 bits per heavy atom. The van der Waals surface area contributed by atoms with Gasteiger partial charge in [0, 0.05) is 18.8 Å². The molecule has 0 spiro atoms. The lowest BCUT2D eigenvalue weighted by atomic mass is 10.0. The zero-order chi connectivity index (χ0) is 21.2. The van der Waals surface area contributed by atoms with E-state index in [-0.39, 0.29) is 39.5 Å². The third-order valence-corrected chi connectivity index (χ3v) is 7.36. The fourth-order valence-corrected chi connectivity index (χ4v) is 5.37. The predicted octanol–water partition coefficient (Wildman–Crippen LogP) is 4.39. The van der Waals surface area contributed by atoms with Crippen molar-refractivity contribution in [1.82, 2.24) is 4.31 Å². The summed E-state index contributed by atoms with van der Waals surface area (Å²) in [7, 11) is -3.88. The SMILES string of the molecule is CC(C)c1ccccc1NC(=O)c1cc(S(=O)(=O)N2CCOCC2)c(Cl)cc1Cl. The summed E-state index contributed by atoms with van der Waals surface area (Å²) in [5.74, 6) is -0.303. The van der Waals surface area contributed by atoms with E-state index in [1.165, 1.54) is 16.4 Å². The van der Waals surface area contributed by atoms with E-state index in [1.54, 1.807) is 6.07 Å². The van der Waals surface area contributed by atoms with Gasteiger partial charge in [0.1, 0.15) is 4.90 Å². The van der Waals surface area contributed by atoms with E-state index < -0.39 is 15.9 Å². The molecule has 0 aliphatic carbocycles. The van der Waals surface area contributed by atoms with Gasteiger partial charge < -0.3 is 10.1 Å². The zero-order valence-corrected chi connectivity index (χ0v) is 18.4. The van der Waals surface area contributed by atoms with Crippen molar-refractivity contribution in [2.24, 2.45) is 0 Å². The molecular formula is C20H22Cl2N2O4S. The maximum absolute atomic E-state index is 13.0. The average Bonchev–Trinajstić information content (AvgIpc) is 2.68. The highest BCUT2D eigenvalue weighted by molar-refractivity contribution is 7.89. The quantitative estimate of drug-likeness (QED) is 0.723. The third-order valence-electron chi connectivity index (χ3n) is 4.69. The third kappa shape index (κ3) is 4.75. The van der Waals surface area contributed by atoms with E-state index in [0.29, 0.717) is 18.9 Å². The minimum Gasteiger partial charge on any atom is -0.379 e. The number of hydrogen-bond donors (Lipinski definition) is 1. The Kier molecular flexibility index (Phi) is 6.86. The zero-order valence-electron chi connectivity index (χ0n) is 16.1. The molecule has 1 amide bonds. The molecule has 0 unspecified atom stereocenters. The normalized spacial score (nSPS) is 15.5. The molecule has 0 atom stereocenters. The van der Waals surface area contributed by atoms with Crippen LogP contribution in [0.3, 0.4) is 0 Å². The number of para-hydroxylation sites is 1. The van der Waals surface area contributed by atoms with Crippen LogP contribution >= 0.6 is 23.2 Å². The van der Waals surface area contributed by atoms with E-state index in [0.717, 1.165) is 5.56 Å². The summed E-state index contributed by atoms with van der Waals surface area (Å²) in [6.45, 7) is 5.11. The van der Waals surface area contributed by atoms with Crippen LogP contribution in [0.15, 0.2) is 41.3 Å². The molecule has 1 N–H and O–H groups in total. The molecule has 9 heteroatoms. The van der Waals surface area contributed by atoms with Gasteiger partial charge in [0.25, 0.3) is 5.91 Å². The first kappa shape index (κ1) is 22.1. The van der Waals surface area contributed by atoms with E-state index in [4.69, 9.17) is 27.9 Å². The second kappa shape index (κ2) is 9.02. The van der Waals surface area contributed by atoms with Crippen molar-refractivity contribution in [3.05, 3.63) is 57.6 Å².